The third kappa shape index (κ3) is 4.79. The van der Waals surface area contributed by atoms with Crippen LogP contribution in [0.4, 0.5) is 4.79 Å². The molecule has 1 heterocycles. The van der Waals surface area contributed by atoms with Gasteiger partial charge in [0.1, 0.15) is 0 Å². The Labute approximate surface area is 161 Å². The van der Waals surface area contributed by atoms with Gasteiger partial charge in [0.2, 0.25) is 0 Å². The molecule has 27 heavy (non-hydrogen) atoms. The maximum atomic E-state index is 12.1. The Kier molecular flexibility index (Phi) is 5.97. The van der Waals surface area contributed by atoms with E-state index in [4.69, 9.17) is 0 Å². The van der Waals surface area contributed by atoms with Gasteiger partial charge >= 0.3 is 6.03 Å². The Morgan fingerprint density at radius 1 is 0.926 bits per heavy atom. The molecule has 0 unspecified atom stereocenters. The van der Waals surface area contributed by atoms with Gasteiger partial charge in [0.15, 0.2) is 0 Å². The highest BCUT2D eigenvalue weighted by Gasteiger charge is 2.11. The lowest BCUT2D eigenvalue weighted by molar-refractivity contribution is 0.240. The van der Waals surface area contributed by atoms with E-state index in [1.54, 1.807) is 0 Å². The Balaban J connectivity index is 1.57. The van der Waals surface area contributed by atoms with Crippen LogP contribution in [-0.2, 0) is 13.0 Å². The average molecular weight is 361 g/mol. The maximum absolute atomic E-state index is 12.1. The molecule has 1 aromatic heterocycles. The highest BCUT2D eigenvalue weighted by Crippen LogP contribution is 2.21. The van der Waals surface area contributed by atoms with E-state index in [-0.39, 0.29) is 6.03 Å². The van der Waals surface area contributed by atoms with Crippen molar-refractivity contribution in [1.82, 2.24) is 15.2 Å². The predicted octanol–water partition coefficient (Wildman–Crippen LogP) is 4.44. The fourth-order valence-corrected chi connectivity index (χ4v) is 3.38. The molecule has 4 nitrogen and oxygen atoms in total. The van der Waals surface area contributed by atoms with Crippen molar-refractivity contribution in [1.29, 1.82) is 0 Å². The summed E-state index contributed by atoms with van der Waals surface area (Å²) in [6.45, 7) is 7.43. The molecule has 2 N–H and O–H groups in total. The topological polar surface area (TPSA) is 46.1 Å². The smallest absolute Gasteiger partial charge is 0.315 e. The molecular weight excluding hydrogens is 334 g/mol. The molecule has 140 valence electrons. The summed E-state index contributed by atoms with van der Waals surface area (Å²) < 4.78 is 2.23. The van der Waals surface area contributed by atoms with Gasteiger partial charge in [0, 0.05) is 30.2 Å². The van der Waals surface area contributed by atoms with Crippen LogP contribution in [0.25, 0.3) is 5.69 Å². The van der Waals surface area contributed by atoms with Crippen molar-refractivity contribution in [3.63, 3.8) is 0 Å². The molecule has 0 aliphatic carbocycles. The lowest BCUT2D eigenvalue weighted by Gasteiger charge is -2.11. The molecule has 3 aromatic rings. The van der Waals surface area contributed by atoms with Gasteiger partial charge < -0.3 is 15.2 Å². The Hall–Kier alpha value is -3.01. The van der Waals surface area contributed by atoms with Crippen molar-refractivity contribution in [2.75, 3.05) is 6.54 Å². The number of benzene rings is 2. The van der Waals surface area contributed by atoms with Crippen molar-refractivity contribution < 1.29 is 4.79 Å². The fraction of sp³-hybridized carbons (Fsp3) is 0.261. The summed E-state index contributed by atoms with van der Waals surface area (Å²) in [6, 6.07) is 20.6. The molecule has 3 rings (SSSR count). The lowest BCUT2D eigenvalue weighted by atomic mass is 10.1. The highest BCUT2D eigenvalue weighted by atomic mass is 16.2. The largest absolute Gasteiger partial charge is 0.338 e. The summed E-state index contributed by atoms with van der Waals surface area (Å²) >= 11 is 0. The fourth-order valence-electron chi connectivity index (χ4n) is 3.38. The van der Waals surface area contributed by atoms with E-state index in [9.17, 15) is 4.79 Å². The van der Waals surface area contributed by atoms with Gasteiger partial charge in [0.05, 0.1) is 0 Å². The zero-order chi connectivity index (χ0) is 19.2. The first-order chi connectivity index (χ1) is 13.0. The quantitative estimate of drug-likeness (QED) is 0.670. The van der Waals surface area contributed by atoms with Crippen LogP contribution in [0.15, 0.2) is 60.7 Å². The van der Waals surface area contributed by atoms with E-state index in [1.165, 1.54) is 16.8 Å². The SMILES string of the molecule is Cc1cccc(-n2c(C)cc(CNC(=O)NCCc3ccccc3)c2C)c1. The summed E-state index contributed by atoms with van der Waals surface area (Å²) in [6.07, 6.45) is 0.829. The average Bonchev–Trinajstić information content (AvgIpc) is 2.94. The minimum Gasteiger partial charge on any atom is -0.338 e. The molecule has 0 radical (unpaired) electrons. The van der Waals surface area contributed by atoms with Crippen LogP contribution >= 0.6 is 0 Å². The molecule has 0 saturated carbocycles. The second kappa shape index (κ2) is 8.58. The number of hydrogen-bond acceptors (Lipinski definition) is 1. The highest BCUT2D eigenvalue weighted by molar-refractivity contribution is 5.73. The monoisotopic (exact) mass is 361 g/mol. The molecule has 0 aliphatic rings. The van der Waals surface area contributed by atoms with Gasteiger partial charge in [0.25, 0.3) is 0 Å². The molecular formula is C23H27N3O. The molecule has 0 fully saturated rings. The van der Waals surface area contributed by atoms with Crippen LogP contribution in [0, 0.1) is 20.8 Å². The number of amides is 2. The Morgan fingerprint density at radius 2 is 1.70 bits per heavy atom. The third-order valence-corrected chi connectivity index (χ3v) is 4.78. The summed E-state index contributed by atoms with van der Waals surface area (Å²) in [4.78, 5) is 12.1. The van der Waals surface area contributed by atoms with Crippen molar-refractivity contribution in [3.8, 4) is 5.69 Å². The molecule has 2 aromatic carbocycles. The standard InChI is InChI=1S/C23H27N3O/c1-17-8-7-11-22(14-17)26-18(2)15-21(19(26)3)16-25-23(27)24-13-12-20-9-5-4-6-10-20/h4-11,14-15H,12-13,16H2,1-3H3,(H2,24,25,27). The molecule has 0 spiro atoms. The molecule has 4 heteroatoms. The first-order valence-electron chi connectivity index (χ1n) is 9.35. The number of nitrogens with zero attached hydrogens (tertiary/aromatic N) is 1. The molecule has 2 amide bonds. The van der Waals surface area contributed by atoms with Crippen LogP contribution in [0.2, 0.25) is 0 Å². The zero-order valence-electron chi connectivity index (χ0n) is 16.3. The maximum Gasteiger partial charge on any atom is 0.315 e. The normalized spacial score (nSPS) is 10.6. The summed E-state index contributed by atoms with van der Waals surface area (Å²) in [5.41, 5.74) is 7.06. The minimum atomic E-state index is -0.133. The van der Waals surface area contributed by atoms with Crippen LogP contribution in [0.1, 0.15) is 28.1 Å². The molecule has 0 bridgehead atoms. The van der Waals surface area contributed by atoms with E-state index in [2.05, 4.69) is 78.4 Å². The lowest BCUT2D eigenvalue weighted by Crippen LogP contribution is -2.36. The Morgan fingerprint density at radius 3 is 2.44 bits per heavy atom. The summed E-state index contributed by atoms with van der Waals surface area (Å²) in [5.74, 6) is 0. The van der Waals surface area contributed by atoms with Crippen molar-refractivity contribution >= 4 is 6.03 Å². The number of urea groups is 1. The first-order valence-corrected chi connectivity index (χ1v) is 9.35. The summed E-state index contributed by atoms with van der Waals surface area (Å²) in [7, 11) is 0. The molecule has 0 aliphatic heterocycles. The van der Waals surface area contributed by atoms with Crippen LogP contribution < -0.4 is 10.6 Å². The van der Waals surface area contributed by atoms with Gasteiger partial charge in [-0.2, -0.15) is 0 Å². The van der Waals surface area contributed by atoms with Crippen LogP contribution in [0.5, 0.6) is 0 Å². The Bertz CT molecular complexity index is 913. The second-order valence-electron chi connectivity index (χ2n) is 6.92. The van der Waals surface area contributed by atoms with Crippen molar-refractivity contribution in [2.45, 2.75) is 33.7 Å². The first kappa shape index (κ1) is 18.8. The van der Waals surface area contributed by atoms with Gasteiger partial charge in [-0.05, 0) is 62.1 Å². The van der Waals surface area contributed by atoms with Crippen LogP contribution in [-0.4, -0.2) is 17.1 Å². The van der Waals surface area contributed by atoms with Gasteiger partial charge in [-0.25, -0.2) is 4.79 Å². The van der Waals surface area contributed by atoms with E-state index >= 15 is 0 Å². The number of carbonyl (C=O) groups is 1. The van der Waals surface area contributed by atoms with Gasteiger partial charge in [-0.3, -0.25) is 0 Å². The number of nitrogens with one attached hydrogen (secondary N) is 2. The van der Waals surface area contributed by atoms with Crippen molar-refractivity contribution in [2.24, 2.45) is 0 Å². The zero-order valence-corrected chi connectivity index (χ0v) is 16.3. The molecule has 0 saturated heterocycles. The third-order valence-electron chi connectivity index (χ3n) is 4.78. The van der Waals surface area contributed by atoms with Gasteiger partial charge in [-0.15, -0.1) is 0 Å². The van der Waals surface area contributed by atoms with Crippen molar-refractivity contribution in [3.05, 3.63) is 88.7 Å². The second-order valence-corrected chi connectivity index (χ2v) is 6.92. The predicted molar refractivity (Wildman–Crippen MR) is 110 cm³/mol. The van der Waals surface area contributed by atoms with Crippen LogP contribution in [0.3, 0.4) is 0 Å². The number of hydrogen-bond donors (Lipinski definition) is 2. The summed E-state index contributed by atoms with van der Waals surface area (Å²) in [5, 5.41) is 5.89. The number of carbonyl (C=O) groups excluding carboxylic acids is 1. The van der Waals surface area contributed by atoms with Gasteiger partial charge in [-0.1, -0.05) is 42.5 Å². The minimum absolute atomic E-state index is 0.133. The number of rotatable bonds is 6. The van der Waals surface area contributed by atoms with E-state index in [1.807, 2.05) is 18.2 Å². The van der Waals surface area contributed by atoms with E-state index in [0.717, 1.165) is 23.4 Å². The molecule has 0 atom stereocenters. The number of aryl methyl sites for hydroxylation is 2. The van der Waals surface area contributed by atoms with E-state index < -0.39 is 0 Å². The van der Waals surface area contributed by atoms with E-state index in [0.29, 0.717) is 13.1 Å². The number of aromatic nitrogens is 1.